The van der Waals surface area contributed by atoms with Crippen molar-refractivity contribution >= 4 is 17.1 Å². The highest BCUT2D eigenvalue weighted by atomic mass is 16.8. The number of ether oxygens (including phenoxy) is 5. The lowest BCUT2D eigenvalue weighted by Gasteiger charge is -2.45. The minimum absolute atomic E-state index is 0.385. The Kier molecular flexibility index (Phi) is 3.89. The summed E-state index contributed by atoms with van der Waals surface area (Å²) >= 11 is 0. The van der Waals surface area contributed by atoms with Crippen LogP contribution in [-0.2, 0) is 18.9 Å². The monoisotopic (exact) mass is 362 g/mol. The minimum Gasteiger partial charge on any atom is -0.461 e. The molecule has 3 heterocycles. The number of hydrogen-bond acceptors (Lipinski definition) is 8. The molecular formula is C18H18O8. The molecule has 8 nitrogen and oxygen atoms in total. The minimum atomic E-state index is -0.902. The van der Waals surface area contributed by atoms with E-state index in [0.717, 1.165) is 5.39 Å². The van der Waals surface area contributed by atoms with Gasteiger partial charge in [-0.2, -0.15) is 0 Å². The lowest BCUT2D eigenvalue weighted by molar-refractivity contribution is -0.282. The van der Waals surface area contributed by atoms with Gasteiger partial charge in [-0.15, -0.1) is 0 Å². The largest absolute Gasteiger partial charge is 0.509 e. The molecule has 0 radical (unpaired) electrons. The average Bonchev–Trinajstić information content (AvgIpc) is 2.95. The number of carbonyl (C=O) groups is 1. The van der Waals surface area contributed by atoms with Gasteiger partial charge in [0.25, 0.3) is 0 Å². The van der Waals surface area contributed by atoms with Gasteiger partial charge in [0.05, 0.1) is 5.60 Å². The molecule has 8 heteroatoms. The molecule has 26 heavy (non-hydrogen) atoms. The van der Waals surface area contributed by atoms with Gasteiger partial charge in [0, 0.05) is 24.6 Å². The van der Waals surface area contributed by atoms with Crippen LogP contribution in [0.5, 0.6) is 5.75 Å². The highest BCUT2D eigenvalue weighted by Gasteiger charge is 2.58. The molecule has 0 amide bonds. The highest BCUT2D eigenvalue weighted by Crippen LogP contribution is 2.38. The van der Waals surface area contributed by atoms with Crippen LogP contribution in [0.25, 0.3) is 11.0 Å². The van der Waals surface area contributed by atoms with E-state index < -0.39 is 42.0 Å². The number of hydrogen-bond donors (Lipinski definition) is 0. The van der Waals surface area contributed by atoms with E-state index in [4.69, 9.17) is 28.1 Å². The third kappa shape index (κ3) is 2.81. The quantitative estimate of drug-likeness (QED) is 0.606. The van der Waals surface area contributed by atoms with Crippen molar-refractivity contribution in [2.75, 3.05) is 7.11 Å². The summed E-state index contributed by atoms with van der Waals surface area (Å²) in [6.07, 6.45) is -3.63. The van der Waals surface area contributed by atoms with E-state index in [9.17, 15) is 9.59 Å². The van der Waals surface area contributed by atoms with Gasteiger partial charge in [-0.25, -0.2) is 9.59 Å². The maximum absolute atomic E-state index is 11.6. The molecule has 1 aromatic carbocycles. The van der Waals surface area contributed by atoms with Gasteiger partial charge >= 0.3 is 11.8 Å². The molecular weight excluding hydrogens is 344 g/mol. The summed E-state index contributed by atoms with van der Waals surface area (Å²) in [7, 11) is 1.52. The van der Waals surface area contributed by atoms with Crippen LogP contribution in [0.3, 0.4) is 0 Å². The zero-order chi connectivity index (χ0) is 18.5. The van der Waals surface area contributed by atoms with E-state index in [1.165, 1.54) is 13.2 Å². The van der Waals surface area contributed by atoms with Crippen LogP contribution < -0.4 is 10.4 Å². The Balaban J connectivity index is 1.64. The number of rotatable bonds is 3. The standard InChI is InChI=1S/C18H18O8/c1-18(2)15(21-3)13-14(25-17(20)24-13)16(26-18)22-10-6-4-9-5-7-12(19)23-11(9)8-10/h4-8,13-16H,1-3H3/t13-,14?,15-,16-/m1/s1. The van der Waals surface area contributed by atoms with Crippen molar-refractivity contribution in [3.8, 4) is 5.75 Å². The molecule has 0 N–H and O–H groups in total. The summed E-state index contributed by atoms with van der Waals surface area (Å²) in [6.45, 7) is 3.64. The van der Waals surface area contributed by atoms with Crippen LogP contribution in [0, 0.1) is 0 Å². The zero-order valence-corrected chi connectivity index (χ0v) is 14.5. The lowest BCUT2D eigenvalue weighted by Crippen LogP contribution is -2.62. The Morgan fingerprint density at radius 1 is 1.04 bits per heavy atom. The second-order valence-electron chi connectivity index (χ2n) is 6.73. The van der Waals surface area contributed by atoms with Crippen molar-refractivity contribution in [3.63, 3.8) is 0 Å². The van der Waals surface area contributed by atoms with Crippen molar-refractivity contribution in [3.05, 3.63) is 40.8 Å². The third-order valence-electron chi connectivity index (χ3n) is 4.56. The molecule has 138 valence electrons. The molecule has 0 bridgehead atoms. The van der Waals surface area contributed by atoms with Gasteiger partial charge in [0.15, 0.2) is 6.10 Å². The van der Waals surface area contributed by atoms with Crippen LogP contribution in [-0.4, -0.2) is 43.5 Å². The van der Waals surface area contributed by atoms with E-state index in [-0.39, 0.29) is 0 Å². The van der Waals surface area contributed by atoms with Crippen molar-refractivity contribution in [2.45, 2.75) is 44.1 Å². The van der Waals surface area contributed by atoms with Crippen LogP contribution in [0.2, 0.25) is 0 Å². The number of carbonyl (C=O) groups excluding carboxylic acids is 1. The fraction of sp³-hybridized carbons (Fsp3) is 0.444. The predicted molar refractivity (Wildman–Crippen MR) is 88.0 cm³/mol. The first-order valence-corrected chi connectivity index (χ1v) is 8.16. The zero-order valence-electron chi connectivity index (χ0n) is 14.5. The van der Waals surface area contributed by atoms with Gasteiger partial charge < -0.3 is 28.1 Å². The molecule has 2 aliphatic rings. The van der Waals surface area contributed by atoms with Crippen molar-refractivity contribution < 1.29 is 32.9 Å². The summed E-state index contributed by atoms with van der Waals surface area (Å²) in [6, 6.07) is 8.07. The van der Waals surface area contributed by atoms with Crippen LogP contribution in [0.4, 0.5) is 4.79 Å². The Morgan fingerprint density at radius 3 is 2.54 bits per heavy atom. The van der Waals surface area contributed by atoms with Crippen molar-refractivity contribution in [1.29, 1.82) is 0 Å². The first-order chi connectivity index (χ1) is 12.4. The fourth-order valence-corrected chi connectivity index (χ4v) is 3.42. The highest BCUT2D eigenvalue weighted by molar-refractivity contribution is 5.77. The fourth-order valence-electron chi connectivity index (χ4n) is 3.42. The van der Waals surface area contributed by atoms with Gasteiger partial charge in [-0.05, 0) is 32.0 Å². The lowest BCUT2D eigenvalue weighted by atomic mass is 9.89. The molecule has 2 aromatic rings. The summed E-state index contributed by atoms with van der Waals surface area (Å²) in [4.78, 5) is 23.0. The molecule has 0 saturated carbocycles. The number of methoxy groups -OCH3 is 1. The SMILES string of the molecule is CO[C@@H]1[C@@H]2OC(=O)OC2[C@H](Oc2ccc3ccc(=O)oc3c2)OC1(C)C. The molecule has 2 saturated heterocycles. The van der Waals surface area contributed by atoms with Crippen LogP contribution in [0.1, 0.15) is 13.8 Å². The molecule has 1 aromatic heterocycles. The van der Waals surface area contributed by atoms with E-state index >= 15 is 0 Å². The van der Waals surface area contributed by atoms with E-state index in [0.29, 0.717) is 11.3 Å². The second kappa shape index (κ2) is 6.00. The molecule has 0 aliphatic carbocycles. The predicted octanol–water partition coefficient (Wildman–Crippen LogP) is 2.23. The van der Waals surface area contributed by atoms with Gasteiger partial charge in [-0.1, -0.05) is 0 Å². The van der Waals surface area contributed by atoms with Crippen LogP contribution in [0.15, 0.2) is 39.5 Å². The topological polar surface area (TPSA) is 93.4 Å². The Hall–Kier alpha value is -2.58. The van der Waals surface area contributed by atoms with Gasteiger partial charge in [-0.3, -0.25) is 0 Å². The summed E-state index contributed by atoms with van der Waals surface area (Å²) < 4.78 is 33.0. The average molecular weight is 362 g/mol. The molecule has 0 spiro atoms. The van der Waals surface area contributed by atoms with Crippen molar-refractivity contribution in [2.24, 2.45) is 0 Å². The second-order valence-corrected chi connectivity index (χ2v) is 6.73. The maximum Gasteiger partial charge on any atom is 0.509 e. The molecule has 4 rings (SSSR count). The molecule has 1 unspecified atom stereocenters. The number of fused-ring (bicyclic) bond motifs is 2. The molecule has 4 atom stereocenters. The smallest absolute Gasteiger partial charge is 0.461 e. The number of benzene rings is 1. The normalized spacial score (nSPS) is 29.7. The van der Waals surface area contributed by atoms with Crippen molar-refractivity contribution in [1.82, 2.24) is 0 Å². The Bertz CT molecular complexity index is 901. The van der Waals surface area contributed by atoms with E-state index in [1.54, 1.807) is 24.3 Å². The van der Waals surface area contributed by atoms with Gasteiger partial charge in [0.2, 0.25) is 12.4 Å². The Morgan fingerprint density at radius 2 is 1.77 bits per heavy atom. The summed E-state index contributed by atoms with van der Waals surface area (Å²) in [5.41, 5.74) is -0.847. The van der Waals surface area contributed by atoms with Crippen LogP contribution >= 0.6 is 0 Å². The maximum atomic E-state index is 11.6. The summed E-state index contributed by atoms with van der Waals surface area (Å²) in [5, 5.41) is 0.759. The molecule has 2 fully saturated rings. The third-order valence-corrected chi connectivity index (χ3v) is 4.56. The first-order valence-electron chi connectivity index (χ1n) is 8.16. The molecule has 2 aliphatic heterocycles. The first kappa shape index (κ1) is 16.9. The summed E-state index contributed by atoms with van der Waals surface area (Å²) in [5.74, 6) is 0.408. The van der Waals surface area contributed by atoms with Gasteiger partial charge in [0.1, 0.15) is 17.4 Å². The Labute approximate surface area is 148 Å². The van der Waals surface area contributed by atoms with E-state index in [1.807, 2.05) is 13.8 Å². The van der Waals surface area contributed by atoms with E-state index in [2.05, 4.69) is 0 Å².